The highest BCUT2D eigenvalue weighted by Gasteiger charge is 2.17. The highest BCUT2D eigenvalue weighted by Crippen LogP contribution is 2.30. The molecular weight excluding hydrogens is 386 g/mol. The van der Waals surface area contributed by atoms with E-state index in [1.807, 2.05) is 6.07 Å². The predicted octanol–water partition coefficient (Wildman–Crippen LogP) is 5.58. The number of carbonyl (C=O) groups is 1. The van der Waals surface area contributed by atoms with E-state index >= 15 is 0 Å². The number of urea groups is 1. The van der Waals surface area contributed by atoms with Gasteiger partial charge >= 0.3 is 6.03 Å². The molecule has 0 aliphatic carbocycles. The minimum atomic E-state index is -0.869. The number of nitrogens with one attached hydrogen (secondary N) is 2. The predicted molar refractivity (Wildman–Crippen MR) is 105 cm³/mol. The fourth-order valence-electron chi connectivity index (χ4n) is 2.78. The average molecular weight is 399 g/mol. The molecule has 5 nitrogen and oxygen atoms in total. The Morgan fingerprint density at radius 2 is 1.79 bits per heavy atom. The first-order chi connectivity index (χ1) is 13.5. The monoisotopic (exact) mass is 398 g/mol. The smallest absolute Gasteiger partial charge is 0.305 e. The van der Waals surface area contributed by atoms with E-state index in [1.165, 1.54) is 0 Å². The van der Waals surface area contributed by atoms with E-state index in [0.717, 1.165) is 17.7 Å². The molecule has 140 valence electrons. The highest BCUT2D eigenvalue weighted by molar-refractivity contribution is 6.30. The van der Waals surface area contributed by atoms with Crippen molar-refractivity contribution in [3.05, 3.63) is 83.5 Å². The summed E-state index contributed by atoms with van der Waals surface area (Å²) in [7, 11) is 0. The fraction of sp³-hybridized carbons (Fsp3) is 0. The lowest BCUT2D eigenvalue weighted by molar-refractivity contribution is 0.262. The van der Waals surface area contributed by atoms with E-state index < -0.39 is 17.7 Å². The Hall–Kier alpha value is -3.45. The molecule has 0 saturated carbocycles. The molecule has 4 aromatic rings. The Bertz CT molecular complexity index is 1170. The summed E-state index contributed by atoms with van der Waals surface area (Å²) in [6.07, 6.45) is 1.75. The van der Waals surface area contributed by atoms with Crippen molar-refractivity contribution in [3.8, 4) is 11.3 Å². The number of carbonyl (C=O) groups excluding carboxylic acids is 1. The SMILES string of the molecule is O=C(Nc1ccc(F)cc1F)Nc1c(-c2ccc(Cl)cc2)nc2ccccn12. The van der Waals surface area contributed by atoms with Crippen molar-refractivity contribution in [2.24, 2.45) is 0 Å². The molecule has 0 radical (unpaired) electrons. The Kier molecular flexibility index (Phi) is 4.67. The Labute approximate surface area is 163 Å². The second-order valence-corrected chi connectivity index (χ2v) is 6.38. The third-order valence-corrected chi connectivity index (χ3v) is 4.31. The van der Waals surface area contributed by atoms with Gasteiger partial charge in [-0.3, -0.25) is 9.72 Å². The van der Waals surface area contributed by atoms with Crippen LogP contribution >= 0.6 is 11.6 Å². The number of pyridine rings is 1. The van der Waals surface area contributed by atoms with Gasteiger partial charge in [0, 0.05) is 22.8 Å². The van der Waals surface area contributed by atoms with E-state index in [9.17, 15) is 13.6 Å². The summed E-state index contributed by atoms with van der Waals surface area (Å²) in [6, 6.07) is 14.6. The molecule has 0 fully saturated rings. The summed E-state index contributed by atoms with van der Waals surface area (Å²) in [6.45, 7) is 0. The molecule has 8 heteroatoms. The highest BCUT2D eigenvalue weighted by atomic mass is 35.5. The second-order valence-electron chi connectivity index (χ2n) is 5.95. The van der Waals surface area contributed by atoms with E-state index in [-0.39, 0.29) is 5.69 Å². The van der Waals surface area contributed by atoms with Gasteiger partial charge in [-0.2, -0.15) is 0 Å². The van der Waals surface area contributed by atoms with Gasteiger partial charge in [0.15, 0.2) is 0 Å². The van der Waals surface area contributed by atoms with Crippen molar-refractivity contribution < 1.29 is 13.6 Å². The molecule has 2 aromatic heterocycles. The summed E-state index contributed by atoms with van der Waals surface area (Å²) in [5.74, 6) is -1.19. The van der Waals surface area contributed by atoms with Crippen LogP contribution in [0, 0.1) is 11.6 Å². The minimum absolute atomic E-state index is 0.138. The number of aromatic nitrogens is 2. The van der Waals surface area contributed by atoms with Crippen molar-refractivity contribution >= 4 is 34.8 Å². The van der Waals surface area contributed by atoms with Gasteiger partial charge in [-0.15, -0.1) is 0 Å². The van der Waals surface area contributed by atoms with Gasteiger partial charge in [0.1, 0.15) is 28.8 Å². The third-order valence-electron chi connectivity index (χ3n) is 4.06. The Morgan fingerprint density at radius 1 is 1.00 bits per heavy atom. The molecule has 0 spiro atoms. The molecule has 4 rings (SSSR count). The fourth-order valence-corrected chi connectivity index (χ4v) is 2.90. The van der Waals surface area contributed by atoms with Crippen molar-refractivity contribution in [1.29, 1.82) is 0 Å². The minimum Gasteiger partial charge on any atom is -0.305 e. The second kappa shape index (κ2) is 7.28. The lowest BCUT2D eigenvalue weighted by Crippen LogP contribution is -2.21. The van der Waals surface area contributed by atoms with Gasteiger partial charge < -0.3 is 5.32 Å². The maximum Gasteiger partial charge on any atom is 0.324 e. The van der Waals surface area contributed by atoms with Gasteiger partial charge in [0.25, 0.3) is 0 Å². The molecule has 28 heavy (non-hydrogen) atoms. The zero-order chi connectivity index (χ0) is 19.7. The van der Waals surface area contributed by atoms with Gasteiger partial charge in [-0.1, -0.05) is 29.8 Å². The van der Waals surface area contributed by atoms with Gasteiger partial charge in [-0.25, -0.2) is 18.6 Å². The van der Waals surface area contributed by atoms with Crippen LogP contribution in [0.25, 0.3) is 16.9 Å². The normalized spacial score (nSPS) is 10.8. The molecule has 2 heterocycles. The number of imidazole rings is 1. The van der Waals surface area contributed by atoms with Crippen LogP contribution in [0.4, 0.5) is 25.1 Å². The van der Waals surface area contributed by atoms with Crippen molar-refractivity contribution in [1.82, 2.24) is 9.38 Å². The molecule has 2 amide bonds. The molecule has 0 aliphatic heterocycles. The maximum absolute atomic E-state index is 13.8. The number of nitrogens with zero attached hydrogens (tertiary/aromatic N) is 2. The van der Waals surface area contributed by atoms with Crippen molar-refractivity contribution in [2.45, 2.75) is 0 Å². The van der Waals surface area contributed by atoms with E-state index in [4.69, 9.17) is 11.6 Å². The summed E-state index contributed by atoms with van der Waals surface area (Å²) >= 11 is 5.95. The molecule has 2 N–H and O–H groups in total. The third kappa shape index (κ3) is 3.52. The Balaban J connectivity index is 1.70. The quantitative estimate of drug-likeness (QED) is 0.473. The first kappa shape index (κ1) is 17.9. The van der Waals surface area contributed by atoms with Gasteiger partial charge in [-0.05, 0) is 36.4 Å². The molecule has 2 aromatic carbocycles. The molecule has 0 aliphatic rings. The molecular formula is C20H13ClF2N4O. The van der Waals surface area contributed by atoms with E-state index in [1.54, 1.807) is 47.0 Å². The summed E-state index contributed by atoms with van der Waals surface area (Å²) in [5, 5.41) is 5.64. The number of halogens is 3. The first-order valence-corrected chi connectivity index (χ1v) is 8.65. The zero-order valence-corrected chi connectivity index (χ0v) is 15.0. The molecule has 0 atom stereocenters. The number of anilines is 2. The molecule has 0 saturated heterocycles. The largest absolute Gasteiger partial charge is 0.324 e. The first-order valence-electron chi connectivity index (χ1n) is 8.27. The van der Waals surface area contributed by atoms with Gasteiger partial charge in [0.05, 0.1) is 5.69 Å². The number of hydrogen-bond acceptors (Lipinski definition) is 2. The van der Waals surface area contributed by atoms with Crippen LogP contribution < -0.4 is 10.6 Å². The van der Waals surface area contributed by atoms with Gasteiger partial charge in [0.2, 0.25) is 0 Å². The average Bonchev–Trinajstić information content (AvgIpc) is 3.03. The lowest BCUT2D eigenvalue weighted by Gasteiger charge is -2.10. The van der Waals surface area contributed by atoms with Crippen LogP contribution in [0.3, 0.4) is 0 Å². The van der Waals surface area contributed by atoms with Crippen LogP contribution in [0.5, 0.6) is 0 Å². The van der Waals surface area contributed by atoms with Crippen LogP contribution in [0.15, 0.2) is 66.9 Å². The van der Waals surface area contributed by atoms with Crippen LogP contribution in [-0.4, -0.2) is 15.4 Å². The number of benzene rings is 2. The molecule has 0 unspecified atom stereocenters. The van der Waals surface area contributed by atoms with Crippen LogP contribution in [0.2, 0.25) is 5.02 Å². The number of amides is 2. The van der Waals surface area contributed by atoms with Crippen molar-refractivity contribution in [3.63, 3.8) is 0 Å². The lowest BCUT2D eigenvalue weighted by atomic mass is 10.1. The van der Waals surface area contributed by atoms with Crippen LogP contribution in [0.1, 0.15) is 0 Å². The standard InChI is InChI=1S/C20H13ClF2N4O/c21-13-6-4-12(5-7-13)18-19(27-10-2-1-3-17(27)25-18)26-20(28)24-16-9-8-14(22)11-15(16)23/h1-11H,(H2,24,26,28). The summed E-state index contributed by atoms with van der Waals surface area (Å²) in [4.78, 5) is 17.0. The topological polar surface area (TPSA) is 58.4 Å². The van der Waals surface area contributed by atoms with E-state index in [2.05, 4.69) is 15.6 Å². The summed E-state index contributed by atoms with van der Waals surface area (Å²) < 4.78 is 28.6. The molecule has 0 bridgehead atoms. The number of hydrogen-bond donors (Lipinski definition) is 2. The van der Waals surface area contributed by atoms with Crippen molar-refractivity contribution in [2.75, 3.05) is 10.6 Å². The van der Waals surface area contributed by atoms with Crippen LogP contribution in [-0.2, 0) is 0 Å². The number of rotatable bonds is 3. The summed E-state index contributed by atoms with van der Waals surface area (Å²) in [5.41, 5.74) is 1.76. The zero-order valence-electron chi connectivity index (χ0n) is 14.3. The Morgan fingerprint density at radius 3 is 2.54 bits per heavy atom. The van der Waals surface area contributed by atoms with E-state index in [0.29, 0.717) is 28.2 Å². The maximum atomic E-state index is 13.8. The number of fused-ring (bicyclic) bond motifs is 1.